The summed E-state index contributed by atoms with van der Waals surface area (Å²) in [4.78, 5) is 26.1. The van der Waals surface area contributed by atoms with Crippen LogP contribution in [0.2, 0.25) is 5.02 Å². The summed E-state index contributed by atoms with van der Waals surface area (Å²) in [5.41, 5.74) is 0.600. The second-order valence-corrected chi connectivity index (χ2v) is 5.65. The molecule has 0 unspecified atom stereocenters. The number of amides is 2. The number of carbonyl (C=O) groups is 2. The van der Waals surface area contributed by atoms with Crippen LogP contribution in [0, 0.1) is 0 Å². The monoisotopic (exact) mass is 359 g/mol. The number of methoxy groups -OCH3 is 2. The molecule has 1 N–H and O–H groups in total. The van der Waals surface area contributed by atoms with Gasteiger partial charge < -0.3 is 14.6 Å². The fraction of sp³-hybridized carbons (Fsp3) is 0.111. The van der Waals surface area contributed by atoms with Gasteiger partial charge in [-0.2, -0.15) is 0 Å². The molecule has 0 fully saturated rings. The normalized spacial score (nSPS) is 14.3. The Bertz CT molecular complexity index is 889. The van der Waals surface area contributed by atoms with E-state index in [9.17, 15) is 14.7 Å². The van der Waals surface area contributed by atoms with Gasteiger partial charge >= 0.3 is 5.91 Å². The Balaban J connectivity index is 2.03. The van der Waals surface area contributed by atoms with Crippen LogP contribution in [0.5, 0.6) is 11.5 Å². The molecule has 3 rings (SSSR count). The number of hydrogen-bond acceptors (Lipinski definition) is 5. The predicted octanol–water partition coefficient (Wildman–Crippen LogP) is 3.20. The molecular formula is C18H14ClNO5. The number of nitrogens with zero attached hydrogens (tertiary/aromatic N) is 1. The molecular weight excluding hydrogens is 346 g/mol. The average molecular weight is 360 g/mol. The van der Waals surface area contributed by atoms with Crippen LogP contribution in [-0.4, -0.2) is 31.1 Å². The minimum absolute atomic E-state index is 0.0727. The van der Waals surface area contributed by atoms with Crippen molar-refractivity contribution in [2.24, 2.45) is 0 Å². The number of anilines is 1. The molecule has 0 aromatic heterocycles. The van der Waals surface area contributed by atoms with Gasteiger partial charge in [-0.1, -0.05) is 23.7 Å². The van der Waals surface area contributed by atoms with Gasteiger partial charge in [0.2, 0.25) is 0 Å². The number of rotatable bonds is 4. The maximum absolute atomic E-state index is 12.7. The number of aliphatic hydroxyl groups is 1. The molecule has 25 heavy (non-hydrogen) atoms. The van der Waals surface area contributed by atoms with Crippen molar-refractivity contribution in [3.63, 3.8) is 0 Å². The van der Waals surface area contributed by atoms with Gasteiger partial charge in [0.05, 0.1) is 25.5 Å². The summed E-state index contributed by atoms with van der Waals surface area (Å²) in [5.74, 6) is -1.22. The predicted molar refractivity (Wildman–Crippen MR) is 93.0 cm³/mol. The Morgan fingerprint density at radius 2 is 1.56 bits per heavy atom. The third-order valence-corrected chi connectivity index (χ3v) is 4.07. The molecule has 1 aliphatic heterocycles. The van der Waals surface area contributed by atoms with Gasteiger partial charge in [0, 0.05) is 11.1 Å². The van der Waals surface area contributed by atoms with Crippen molar-refractivity contribution in [3.8, 4) is 11.5 Å². The first-order chi connectivity index (χ1) is 12.0. The van der Waals surface area contributed by atoms with Crippen LogP contribution in [-0.2, 0) is 9.59 Å². The van der Waals surface area contributed by atoms with Gasteiger partial charge in [-0.3, -0.25) is 9.59 Å². The van der Waals surface area contributed by atoms with Gasteiger partial charge in [0.15, 0.2) is 17.3 Å². The summed E-state index contributed by atoms with van der Waals surface area (Å²) in [7, 11) is 2.93. The fourth-order valence-corrected chi connectivity index (χ4v) is 2.72. The van der Waals surface area contributed by atoms with Crippen molar-refractivity contribution >= 4 is 34.7 Å². The van der Waals surface area contributed by atoms with Crippen molar-refractivity contribution < 1.29 is 24.2 Å². The molecule has 1 aliphatic rings. The largest absolute Gasteiger partial charge is 0.502 e. The van der Waals surface area contributed by atoms with Crippen molar-refractivity contribution in [1.29, 1.82) is 0 Å². The summed E-state index contributed by atoms with van der Waals surface area (Å²) < 4.78 is 10.3. The molecule has 0 saturated carbocycles. The third-order valence-electron chi connectivity index (χ3n) is 3.82. The first-order valence-corrected chi connectivity index (χ1v) is 7.65. The SMILES string of the molecule is COc1ccc(N2C(=O)C(O)=C(c3ccc(Cl)cc3)C2=O)cc1OC. The molecule has 1 heterocycles. The minimum Gasteiger partial charge on any atom is -0.502 e. The summed E-state index contributed by atoms with van der Waals surface area (Å²) in [6, 6.07) is 10.9. The van der Waals surface area contributed by atoms with Crippen LogP contribution in [0.15, 0.2) is 48.2 Å². The zero-order valence-electron chi connectivity index (χ0n) is 13.4. The lowest BCUT2D eigenvalue weighted by atomic mass is 10.1. The number of halogens is 1. The Morgan fingerprint density at radius 3 is 2.16 bits per heavy atom. The van der Waals surface area contributed by atoms with Gasteiger partial charge in [-0.25, -0.2) is 4.90 Å². The zero-order chi connectivity index (χ0) is 18.1. The molecule has 0 spiro atoms. The Kier molecular flexibility index (Phi) is 4.37. The Labute approximate surface area is 148 Å². The molecule has 2 aromatic carbocycles. The molecule has 2 aromatic rings. The Hall–Kier alpha value is -2.99. The Morgan fingerprint density at radius 1 is 0.920 bits per heavy atom. The lowest BCUT2D eigenvalue weighted by molar-refractivity contribution is -0.121. The number of aliphatic hydroxyl groups excluding tert-OH is 1. The highest BCUT2D eigenvalue weighted by Crippen LogP contribution is 2.36. The second-order valence-electron chi connectivity index (χ2n) is 5.22. The van der Waals surface area contributed by atoms with E-state index in [2.05, 4.69) is 0 Å². The number of imide groups is 1. The van der Waals surface area contributed by atoms with Crippen LogP contribution in [0.1, 0.15) is 5.56 Å². The van der Waals surface area contributed by atoms with E-state index in [0.717, 1.165) is 4.90 Å². The van der Waals surface area contributed by atoms with Crippen LogP contribution in [0.25, 0.3) is 5.57 Å². The van der Waals surface area contributed by atoms with Gasteiger partial charge in [0.25, 0.3) is 5.91 Å². The third kappa shape index (κ3) is 2.81. The standard InChI is InChI=1S/C18H14ClNO5/c1-24-13-8-7-12(9-14(13)25-2)20-17(22)15(16(21)18(20)23)10-3-5-11(19)6-4-10/h3-9,21H,1-2H3. The van der Waals surface area contributed by atoms with E-state index in [-0.39, 0.29) is 11.3 Å². The van der Waals surface area contributed by atoms with Crippen LogP contribution < -0.4 is 14.4 Å². The minimum atomic E-state index is -0.804. The quantitative estimate of drug-likeness (QED) is 0.848. The summed E-state index contributed by atoms with van der Waals surface area (Å²) in [5, 5.41) is 10.7. The maximum atomic E-state index is 12.7. The molecule has 0 bridgehead atoms. The lowest BCUT2D eigenvalue weighted by Crippen LogP contribution is -2.31. The summed E-state index contributed by atoms with van der Waals surface area (Å²) >= 11 is 5.84. The summed E-state index contributed by atoms with van der Waals surface area (Å²) in [6.45, 7) is 0. The van der Waals surface area contributed by atoms with E-state index in [0.29, 0.717) is 22.1 Å². The number of benzene rings is 2. The maximum Gasteiger partial charge on any atom is 0.301 e. The van der Waals surface area contributed by atoms with E-state index in [1.165, 1.54) is 26.4 Å². The highest BCUT2D eigenvalue weighted by atomic mass is 35.5. The topological polar surface area (TPSA) is 76.1 Å². The molecule has 2 amide bonds. The van der Waals surface area contributed by atoms with E-state index in [1.54, 1.807) is 30.3 Å². The number of hydrogen-bond donors (Lipinski definition) is 1. The van der Waals surface area contributed by atoms with Crippen LogP contribution in [0.3, 0.4) is 0 Å². The molecule has 0 aliphatic carbocycles. The van der Waals surface area contributed by atoms with E-state index in [4.69, 9.17) is 21.1 Å². The molecule has 0 atom stereocenters. The number of ether oxygens (including phenoxy) is 2. The highest BCUT2D eigenvalue weighted by Gasteiger charge is 2.40. The average Bonchev–Trinajstić information content (AvgIpc) is 2.84. The molecule has 0 radical (unpaired) electrons. The highest BCUT2D eigenvalue weighted by molar-refractivity contribution is 6.45. The second kappa shape index (κ2) is 6.49. The molecule has 128 valence electrons. The lowest BCUT2D eigenvalue weighted by Gasteiger charge is -2.16. The van der Waals surface area contributed by atoms with E-state index >= 15 is 0 Å². The van der Waals surface area contributed by atoms with Gasteiger partial charge in [-0.15, -0.1) is 0 Å². The molecule has 7 heteroatoms. The van der Waals surface area contributed by atoms with E-state index < -0.39 is 17.6 Å². The smallest absolute Gasteiger partial charge is 0.301 e. The first-order valence-electron chi connectivity index (χ1n) is 7.28. The van der Waals surface area contributed by atoms with Gasteiger partial charge in [-0.05, 0) is 29.8 Å². The number of carbonyl (C=O) groups excluding carboxylic acids is 2. The summed E-state index contributed by atoms with van der Waals surface area (Å²) in [6.07, 6.45) is 0. The first kappa shape index (κ1) is 16.9. The van der Waals surface area contributed by atoms with Crippen molar-refractivity contribution in [1.82, 2.24) is 0 Å². The van der Waals surface area contributed by atoms with Crippen molar-refractivity contribution in [3.05, 3.63) is 58.8 Å². The fourth-order valence-electron chi connectivity index (χ4n) is 2.59. The zero-order valence-corrected chi connectivity index (χ0v) is 14.2. The molecule has 0 saturated heterocycles. The molecule has 6 nitrogen and oxygen atoms in total. The van der Waals surface area contributed by atoms with Crippen LogP contribution >= 0.6 is 11.6 Å². The van der Waals surface area contributed by atoms with Crippen molar-refractivity contribution in [2.45, 2.75) is 0 Å². The van der Waals surface area contributed by atoms with Crippen LogP contribution in [0.4, 0.5) is 5.69 Å². The van der Waals surface area contributed by atoms with Crippen molar-refractivity contribution in [2.75, 3.05) is 19.1 Å². The van der Waals surface area contributed by atoms with E-state index in [1.807, 2.05) is 0 Å². The van der Waals surface area contributed by atoms with Gasteiger partial charge in [0.1, 0.15) is 0 Å².